The monoisotopic (exact) mass is 185 g/mol. The van der Waals surface area contributed by atoms with Crippen LogP contribution >= 0.6 is 0 Å². The van der Waals surface area contributed by atoms with Gasteiger partial charge in [-0.1, -0.05) is 0 Å². The Hall–Kier alpha value is -1.06. The summed E-state index contributed by atoms with van der Waals surface area (Å²) in [6, 6.07) is 0. The molecule has 0 aromatic carbocycles. The highest BCUT2D eigenvalue weighted by molar-refractivity contribution is 5.84. The fraction of sp³-hybridized carbons (Fsp3) is 0.778. The maximum Gasteiger partial charge on any atom is 0.409 e. The molecule has 1 aliphatic carbocycles. The number of Topliss-reactive ketones (excluding diaryl/α,β-unsaturated/α-hetero) is 1. The molecule has 0 atom stereocenters. The summed E-state index contributed by atoms with van der Waals surface area (Å²) >= 11 is 0. The number of hydrogen-bond donors (Lipinski definition) is 0. The smallest absolute Gasteiger partial charge is 0.409 e. The van der Waals surface area contributed by atoms with Crippen molar-refractivity contribution in [1.29, 1.82) is 0 Å². The predicted molar refractivity (Wildman–Crippen MR) is 47.4 cm³/mol. The predicted octanol–water partition coefficient (Wildman–Crippen LogP) is 1.05. The van der Waals surface area contributed by atoms with Crippen molar-refractivity contribution in [2.45, 2.75) is 19.8 Å². The van der Waals surface area contributed by atoms with Gasteiger partial charge in [0.05, 0.1) is 6.61 Å². The van der Waals surface area contributed by atoms with Crippen LogP contribution in [0.3, 0.4) is 0 Å². The van der Waals surface area contributed by atoms with E-state index in [0.29, 0.717) is 37.7 Å². The Morgan fingerprint density at radius 3 is 2.69 bits per heavy atom. The van der Waals surface area contributed by atoms with E-state index in [-0.39, 0.29) is 6.09 Å². The maximum absolute atomic E-state index is 11.1. The van der Waals surface area contributed by atoms with Crippen molar-refractivity contribution >= 4 is 11.9 Å². The molecule has 1 saturated carbocycles. The molecule has 1 fully saturated rings. The molecule has 1 aliphatic rings. The molecule has 1 amide bonds. The standard InChI is InChI=1S/C9H15NO3/c1-3-13-9(12)10(2)6-7-4-8(11)5-7/h7H,3-6H2,1-2H3. The van der Waals surface area contributed by atoms with Gasteiger partial charge in [0.15, 0.2) is 0 Å². The van der Waals surface area contributed by atoms with Crippen LogP contribution in [0.25, 0.3) is 0 Å². The normalized spacial score (nSPS) is 16.6. The van der Waals surface area contributed by atoms with E-state index >= 15 is 0 Å². The van der Waals surface area contributed by atoms with Gasteiger partial charge in [-0.3, -0.25) is 4.79 Å². The average Bonchev–Trinajstić information content (AvgIpc) is 2.02. The topological polar surface area (TPSA) is 46.6 Å². The van der Waals surface area contributed by atoms with Crippen LogP contribution in [0.2, 0.25) is 0 Å². The summed E-state index contributed by atoms with van der Waals surface area (Å²) in [6.07, 6.45) is 0.926. The number of ether oxygens (including phenoxy) is 1. The van der Waals surface area contributed by atoms with Crippen molar-refractivity contribution in [3.05, 3.63) is 0 Å². The highest BCUT2D eigenvalue weighted by atomic mass is 16.5. The molecule has 4 heteroatoms. The van der Waals surface area contributed by atoms with E-state index < -0.39 is 0 Å². The van der Waals surface area contributed by atoms with Gasteiger partial charge in [0.1, 0.15) is 5.78 Å². The van der Waals surface area contributed by atoms with Crippen LogP contribution < -0.4 is 0 Å². The number of rotatable bonds is 3. The average molecular weight is 185 g/mol. The van der Waals surface area contributed by atoms with Crippen molar-refractivity contribution in [3.8, 4) is 0 Å². The molecule has 4 nitrogen and oxygen atoms in total. The summed E-state index contributed by atoms with van der Waals surface area (Å²) in [5.74, 6) is 0.643. The molecule has 74 valence electrons. The molecule has 1 rings (SSSR count). The maximum atomic E-state index is 11.1. The van der Waals surface area contributed by atoms with E-state index in [2.05, 4.69) is 0 Å². The molecule has 0 unspecified atom stereocenters. The van der Waals surface area contributed by atoms with E-state index in [0.717, 1.165) is 0 Å². The van der Waals surface area contributed by atoms with Gasteiger partial charge in [-0.25, -0.2) is 4.79 Å². The Kier molecular flexibility index (Phi) is 3.28. The first-order valence-electron chi connectivity index (χ1n) is 4.53. The number of ketones is 1. The van der Waals surface area contributed by atoms with Gasteiger partial charge < -0.3 is 9.64 Å². The number of nitrogens with zero attached hydrogens (tertiary/aromatic N) is 1. The van der Waals surface area contributed by atoms with Gasteiger partial charge >= 0.3 is 6.09 Å². The Bertz CT molecular complexity index is 207. The highest BCUT2D eigenvalue weighted by Gasteiger charge is 2.28. The molecule has 0 aromatic heterocycles. The van der Waals surface area contributed by atoms with E-state index in [1.807, 2.05) is 0 Å². The van der Waals surface area contributed by atoms with Crippen LogP contribution in [0, 0.1) is 5.92 Å². The molecule has 0 heterocycles. The lowest BCUT2D eigenvalue weighted by Gasteiger charge is -2.28. The van der Waals surface area contributed by atoms with Gasteiger partial charge in [0, 0.05) is 26.4 Å². The van der Waals surface area contributed by atoms with Gasteiger partial charge in [0.2, 0.25) is 0 Å². The van der Waals surface area contributed by atoms with Gasteiger partial charge in [-0.2, -0.15) is 0 Å². The van der Waals surface area contributed by atoms with Crippen LogP contribution in [0.5, 0.6) is 0 Å². The molecule has 0 saturated heterocycles. The zero-order valence-electron chi connectivity index (χ0n) is 8.08. The largest absolute Gasteiger partial charge is 0.450 e. The molecule has 0 aromatic rings. The second-order valence-electron chi connectivity index (χ2n) is 3.39. The van der Waals surface area contributed by atoms with E-state index in [9.17, 15) is 9.59 Å². The minimum atomic E-state index is -0.304. The summed E-state index contributed by atoms with van der Waals surface area (Å²) in [5.41, 5.74) is 0. The summed E-state index contributed by atoms with van der Waals surface area (Å²) in [4.78, 5) is 23.3. The van der Waals surface area contributed by atoms with Crippen LogP contribution in [-0.4, -0.2) is 37.0 Å². The van der Waals surface area contributed by atoms with E-state index in [1.165, 1.54) is 4.90 Å². The zero-order valence-corrected chi connectivity index (χ0v) is 8.08. The molecule has 0 radical (unpaired) electrons. The van der Waals surface area contributed by atoms with Crippen molar-refractivity contribution in [2.75, 3.05) is 20.2 Å². The third kappa shape index (κ3) is 2.72. The fourth-order valence-electron chi connectivity index (χ4n) is 1.41. The molecule has 0 bridgehead atoms. The Labute approximate surface area is 77.8 Å². The lowest BCUT2D eigenvalue weighted by atomic mass is 9.84. The molecule has 0 aliphatic heterocycles. The molecule has 13 heavy (non-hydrogen) atoms. The minimum absolute atomic E-state index is 0.294. The first-order chi connectivity index (χ1) is 6.13. The molecular formula is C9H15NO3. The van der Waals surface area contributed by atoms with E-state index in [4.69, 9.17) is 4.74 Å². The SMILES string of the molecule is CCOC(=O)N(C)CC1CC(=O)C1. The lowest BCUT2D eigenvalue weighted by Crippen LogP contribution is -2.37. The molecular weight excluding hydrogens is 170 g/mol. The number of carbonyl (C=O) groups excluding carboxylic acids is 2. The first-order valence-corrected chi connectivity index (χ1v) is 4.53. The second kappa shape index (κ2) is 4.25. The number of amides is 1. The zero-order chi connectivity index (χ0) is 9.84. The van der Waals surface area contributed by atoms with Crippen LogP contribution in [0.15, 0.2) is 0 Å². The fourth-order valence-corrected chi connectivity index (χ4v) is 1.41. The third-order valence-corrected chi connectivity index (χ3v) is 2.14. The molecule has 0 N–H and O–H groups in total. The summed E-state index contributed by atoms with van der Waals surface area (Å²) in [6.45, 7) is 2.80. The summed E-state index contributed by atoms with van der Waals surface area (Å²) in [7, 11) is 1.70. The van der Waals surface area contributed by atoms with Crippen molar-refractivity contribution in [3.63, 3.8) is 0 Å². The summed E-state index contributed by atoms with van der Waals surface area (Å²) < 4.78 is 4.80. The van der Waals surface area contributed by atoms with Crippen molar-refractivity contribution < 1.29 is 14.3 Å². The van der Waals surface area contributed by atoms with Crippen molar-refractivity contribution in [1.82, 2.24) is 4.90 Å². The Morgan fingerprint density at radius 1 is 1.62 bits per heavy atom. The number of carbonyl (C=O) groups is 2. The van der Waals surface area contributed by atoms with Crippen LogP contribution in [-0.2, 0) is 9.53 Å². The van der Waals surface area contributed by atoms with Crippen LogP contribution in [0.4, 0.5) is 4.79 Å². The third-order valence-electron chi connectivity index (χ3n) is 2.14. The van der Waals surface area contributed by atoms with E-state index in [1.54, 1.807) is 14.0 Å². The Morgan fingerprint density at radius 2 is 2.23 bits per heavy atom. The first kappa shape index (κ1) is 10.0. The van der Waals surface area contributed by atoms with Gasteiger partial charge in [-0.15, -0.1) is 0 Å². The van der Waals surface area contributed by atoms with Gasteiger partial charge in [0.25, 0.3) is 0 Å². The summed E-state index contributed by atoms with van der Waals surface area (Å²) in [5, 5.41) is 0. The molecule has 0 spiro atoms. The Balaban J connectivity index is 2.20. The van der Waals surface area contributed by atoms with Crippen LogP contribution in [0.1, 0.15) is 19.8 Å². The quantitative estimate of drug-likeness (QED) is 0.660. The highest BCUT2D eigenvalue weighted by Crippen LogP contribution is 2.23. The van der Waals surface area contributed by atoms with Crippen molar-refractivity contribution in [2.24, 2.45) is 5.92 Å². The number of hydrogen-bond acceptors (Lipinski definition) is 3. The second-order valence-corrected chi connectivity index (χ2v) is 3.39. The minimum Gasteiger partial charge on any atom is -0.450 e. The lowest BCUT2D eigenvalue weighted by molar-refractivity contribution is -0.127. The van der Waals surface area contributed by atoms with Gasteiger partial charge in [-0.05, 0) is 12.8 Å².